The normalized spacial score (nSPS) is 13.2. The predicted octanol–water partition coefficient (Wildman–Crippen LogP) is 2.32. The molecule has 2 rings (SSSR count). The van der Waals surface area contributed by atoms with Gasteiger partial charge in [-0.2, -0.15) is 0 Å². The van der Waals surface area contributed by atoms with E-state index in [2.05, 4.69) is 0 Å². The molecule has 0 radical (unpaired) electrons. The number of carbonyl (C=O) groups is 1. The lowest BCUT2D eigenvalue weighted by Gasteiger charge is -2.03. The van der Waals surface area contributed by atoms with E-state index in [0.717, 1.165) is 49.2 Å². The van der Waals surface area contributed by atoms with E-state index < -0.39 is 0 Å². The third-order valence-corrected chi connectivity index (χ3v) is 3.12. The highest BCUT2D eigenvalue weighted by Gasteiger charge is 2.14. The van der Waals surface area contributed by atoms with Gasteiger partial charge in [-0.3, -0.25) is 4.79 Å². The first-order valence-corrected chi connectivity index (χ1v) is 6.30. The van der Waals surface area contributed by atoms with E-state index in [-0.39, 0.29) is 5.78 Å². The average molecular weight is 233 g/mol. The van der Waals surface area contributed by atoms with Crippen LogP contribution in [0.1, 0.15) is 41.6 Å². The van der Waals surface area contributed by atoms with Gasteiger partial charge in [-0.25, -0.2) is 0 Å². The van der Waals surface area contributed by atoms with Gasteiger partial charge in [-0.1, -0.05) is 6.42 Å². The molecule has 17 heavy (non-hydrogen) atoms. The molecule has 2 N–H and O–H groups in total. The molecule has 0 unspecified atom stereocenters. The molecule has 92 valence electrons. The first kappa shape index (κ1) is 12.1. The number of carbonyl (C=O) groups excluding carboxylic acids is 1. The van der Waals surface area contributed by atoms with E-state index in [1.54, 1.807) is 0 Å². The van der Waals surface area contributed by atoms with Crippen molar-refractivity contribution in [2.45, 2.75) is 32.1 Å². The fourth-order valence-electron chi connectivity index (χ4n) is 2.11. The molecule has 3 heteroatoms. The molecule has 0 amide bonds. The van der Waals surface area contributed by atoms with Crippen LogP contribution in [0.25, 0.3) is 0 Å². The molecule has 0 atom stereocenters. The minimum atomic E-state index is 0.233. The fraction of sp³-hybridized carbons (Fsp3) is 0.500. The summed E-state index contributed by atoms with van der Waals surface area (Å²) >= 11 is 0. The molecule has 0 spiro atoms. The van der Waals surface area contributed by atoms with Crippen LogP contribution in [0, 0.1) is 0 Å². The monoisotopic (exact) mass is 233 g/mol. The summed E-state index contributed by atoms with van der Waals surface area (Å²) in [6, 6.07) is 5.76. The van der Waals surface area contributed by atoms with Gasteiger partial charge in [0.1, 0.15) is 5.75 Å². The van der Waals surface area contributed by atoms with Gasteiger partial charge in [0.25, 0.3) is 0 Å². The Morgan fingerprint density at radius 2 is 2.18 bits per heavy atom. The first-order valence-electron chi connectivity index (χ1n) is 6.30. The Balaban J connectivity index is 1.91. The lowest BCUT2D eigenvalue weighted by Crippen LogP contribution is -2.01. The summed E-state index contributed by atoms with van der Waals surface area (Å²) in [4.78, 5) is 11.9. The van der Waals surface area contributed by atoms with Crippen molar-refractivity contribution in [2.75, 3.05) is 13.2 Å². The fourth-order valence-corrected chi connectivity index (χ4v) is 2.11. The maximum Gasteiger partial charge on any atom is 0.162 e. The zero-order chi connectivity index (χ0) is 12.1. The quantitative estimate of drug-likeness (QED) is 0.606. The van der Waals surface area contributed by atoms with Crippen LogP contribution in [0.5, 0.6) is 5.75 Å². The molecular weight excluding hydrogens is 214 g/mol. The summed E-state index contributed by atoms with van der Waals surface area (Å²) in [7, 11) is 0. The Hall–Kier alpha value is -1.35. The van der Waals surface area contributed by atoms with Gasteiger partial charge in [0.15, 0.2) is 5.78 Å². The van der Waals surface area contributed by atoms with Crippen LogP contribution < -0.4 is 10.5 Å². The number of nitrogens with two attached hydrogens (primary N) is 1. The molecule has 1 aromatic carbocycles. The summed E-state index contributed by atoms with van der Waals surface area (Å²) in [5.41, 5.74) is 7.41. The number of unbranched alkanes of at least 4 members (excludes halogenated alkanes) is 2. The molecule has 0 fully saturated rings. The Morgan fingerprint density at radius 3 is 3.00 bits per heavy atom. The Kier molecular flexibility index (Phi) is 4.15. The van der Waals surface area contributed by atoms with Gasteiger partial charge in [0.2, 0.25) is 0 Å². The predicted molar refractivity (Wildman–Crippen MR) is 67.5 cm³/mol. The molecular formula is C14H19NO2. The van der Waals surface area contributed by atoms with Crippen LogP contribution >= 0.6 is 0 Å². The third-order valence-electron chi connectivity index (χ3n) is 3.12. The zero-order valence-corrected chi connectivity index (χ0v) is 10.1. The number of ether oxygens (including phenoxy) is 1. The SMILES string of the molecule is NCCCCCC(=O)c1ccc2c(c1)CCO2. The maximum absolute atomic E-state index is 11.9. The van der Waals surface area contributed by atoms with Crippen LogP contribution in [0.4, 0.5) is 0 Å². The molecule has 0 saturated carbocycles. The smallest absolute Gasteiger partial charge is 0.162 e. The number of hydrogen-bond acceptors (Lipinski definition) is 3. The topological polar surface area (TPSA) is 52.3 Å². The van der Waals surface area contributed by atoms with Gasteiger partial charge >= 0.3 is 0 Å². The third kappa shape index (κ3) is 3.07. The standard InChI is InChI=1S/C14H19NO2/c15-8-3-1-2-4-13(16)11-5-6-14-12(10-11)7-9-17-14/h5-6,10H,1-4,7-9,15H2. The van der Waals surface area contributed by atoms with Gasteiger partial charge in [0, 0.05) is 18.4 Å². The minimum absolute atomic E-state index is 0.233. The number of fused-ring (bicyclic) bond motifs is 1. The lowest BCUT2D eigenvalue weighted by atomic mass is 10.0. The van der Waals surface area contributed by atoms with E-state index in [1.165, 1.54) is 0 Å². The molecule has 1 aromatic rings. The molecule has 0 saturated heterocycles. The molecule has 0 bridgehead atoms. The van der Waals surface area contributed by atoms with Crippen LogP contribution in [-0.2, 0) is 6.42 Å². The van der Waals surface area contributed by atoms with Crippen molar-refractivity contribution in [3.8, 4) is 5.75 Å². The maximum atomic E-state index is 11.9. The molecule has 3 nitrogen and oxygen atoms in total. The van der Waals surface area contributed by atoms with Gasteiger partial charge < -0.3 is 10.5 Å². The molecule has 1 heterocycles. The van der Waals surface area contributed by atoms with Crippen molar-refractivity contribution in [3.05, 3.63) is 29.3 Å². The van der Waals surface area contributed by atoms with Crippen molar-refractivity contribution in [3.63, 3.8) is 0 Å². The van der Waals surface area contributed by atoms with Crippen molar-refractivity contribution in [2.24, 2.45) is 5.73 Å². The van der Waals surface area contributed by atoms with Crippen LogP contribution in [0.3, 0.4) is 0 Å². The van der Waals surface area contributed by atoms with Crippen molar-refractivity contribution in [1.29, 1.82) is 0 Å². The highest BCUT2D eigenvalue weighted by molar-refractivity contribution is 5.96. The van der Waals surface area contributed by atoms with Crippen molar-refractivity contribution in [1.82, 2.24) is 0 Å². The van der Waals surface area contributed by atoms with Crippen LogP contribution in [0.15, 0.2) is 18.2 Å². The molecule has 0 aromatic heterocycles. The van der Waals surface area contributed by atoms with Gasteiger partial charge in [0.05, 0.1) is 6.61 Å². The zero-order valence-electron chi connectivity index (χ0n) is 10.1. The second-order valence-electron chi connectivity index (χ2n) is 4.44. The highest BCUT2D eigenvalue weighted by Crippen LogP contribution is 2.26. The number of benzene rings is 1. The minimum Gasteiger partial charge on any atom is -0.493 e. The summed E-state index contributed by atoms with van der Waals surface area (Å²) in [6.07, 6.45) is 4.52. The van der Waals surface area contributed by atoms with Gasteiger partial charge in [-0.05, 0) is 43.1 Å². The second-order valence-corrected chi connectivity index (χ2v) is 4.44. The largest absolute Gasteiger partial charge is 0.493 e. The summed E-state index contributed by atoms with van der Waals surface area (Å²) in [6.45, 7) is 1.45. The number of Topliss-reactive ketones (excluding diaryl/α,β-unsaturated/α-hetero) is 1. The van der Waals surface area contributed by atoms with Crippen LogP contribution in [0.2, 0.25) is 0 Å². The molecule has 0 aliphatic carbocycles. The summed E-state index contributed by atoms with van der Waals surface area (Å²) in [5, 5.41) is 0. The number of hydrogen-bond donors (Lipinski definition) is 1. The Labute approximate surface area is 102 Å². The average Bonchev–Trinajstić information content (AvgIpc) is 2.81. The van der Waals surface area contributed by atoms with E-state index >= 15 is 0 Å². The highest BCUT2D eigenvalue weighted by atomic mass is 16.5. The lowest BCUT2D eigenvalue weighted by molar-refractivity contribution is 0.0979. The van der Waals surface area contributed by atoms with E-state index in [9.17, 15) is 4.79 Å². The first-order chi connectivity index (χ1) is 8.31. The Bertz CT molecular complexity index is 401. The van der Waals surface area contributed by atoms with Crippen molar-refractivity contribution < 1.29 is 9.53 Å². The van der Waals surface area contributed by atoms with Gasteiger partial charge in [-0.15, -0.1) is 0 Å². The second kappa shape index (κ2) is 5.82. The van der Waals surface area contributed by atoms with E-state index in [4.69, 9.17) is 10.5 Å². The molecule has 1 aliphatic heterocycles. The Morgan fingerprint density at radius 1 is 1.29 bits per heavy atom. The van der Waals surface area contributed by atoms with E-state index in [1.807, 2.05) is 18.2 Å². The molecule has 1 aliphatic rings. The van der Waals surface area contributed by atoms with Crippen LogP contribution in [-0.4, -0.2) is 18.9 Å². The summed E-state index contributed by atoms with van der Waals surface area (Å²) in [5.74, 6) is 1.17. The number of ketones is 1. The van der Waals surface area contributed by atoms with Crippen molar-refractivity contribution >= 4 is 5.78 Å². The van der Waals surface area contributed by atoms with E-state index in [0.29, 0.717) is 13.0 Å². The summed E-state index contributed by atoms with van der Waals surface area (Å²) < 4.78 is 5.42. The number of rotatable bonds is 6.